The maximum absolute atomic E-state index is 4.31. The molecule has 1 heterocycles. The van der Waals surface area contributed by atoms with Crippen molar-refractivity contribution in [2.24, 2.45) is 0 Å². The van der Waals surface area contributed by atoms with E-state index in [1.165, 1.54) is 16.9 Å². The van der Waals surface area contributed by atoms with E-state index in [0.29, 0.717) is 6.04 Å². The number of nitrogens with one attached hydrogen (secondary N) is 1. The van der Waals surface area contributed by atoms with Crippen LogP contribution in [0.15, 0.2) is 24.3 Å². The molecule has 19 heavy (non-hydrogen) atoms. The summed E-state index contributed by atoms with van der Waals surface area (Å²) in [6.07, 6.45) is 1.14. The molecule has 0 fully saturated rings. The summed E-state index contributed by atoms with van der Waals surface area (Å²) in [4.78, 5) is 0. The Labute approximate surface area is 119 Å². The Kier molecular flexibility index (Phi) is 5.02. The summed E-state index contributed by atoms with van der Waals surface area (Å²) in [5.74, 6) is 3.26. The molecule has 0 bridgehead atoms. The number of aryl methyl sites for hydroxylation is 1. The highest BCUT2D eigenvalue weighted by Gasteiger charge is 2.08. The first-order chi connectivity index (χ1) is 9.22. The van der Waals surface area contributed by atoms with Gasteiger partial charge in [0.05, 0.1) is 5.69 Å². The molecule has 2 rings (SSSR count). The smallest absolute Gasteiger partial charge is 0.156 e. The molecule has 102 valence electrons. The van der Waals surface area contributed by atoms with Crippen LogP contribution in [0.25, 0.3) is 10.8 Å². The summed E-state index contributed by atoms with van der Waals surface area (Å²) in [5.41, 5.74) is 0.982. The number of thioether (sulfide) groups is 1. The van der Waals surface area contributed by atoms with Crippen LogP contribution in [-0.4, -0.2) is 27.7 Å². The first kappa shape index (κ1) is 14.1. The van der Waals surface area contributed by atoms with E-state index in [0.717, 1.165) is 23.3 Å². The van der Waals surface area contributed by atoms with E-state index in [9.17, 15) is 0 Å². The van der Waals surface area contributed by atoms with Gasteiger partial charge in [0.15, 0.2) is 5.82 Å². The second-order valence-corrected chi connectivity index (χ2v) is 6.10. The van der Waals surface area contributed by atoms with Gasteiger partial charge in [-0.05, 0) is 31.8 Å². The number of rotatable bonds is 6. The fraction of sp³-hybridized carbons (Fsp3) is 0.467. The molecular weight excluding hydrogens is 254 g/mol. The van der Waals surface area contributed by atoms with E-state index in [2.05, 4.69) is 41.5 Å². The van der Waals surface area contributed by atoms with E-state index >= 15 is 0 Å². The lowest BCUT2D eigenvalue weighted by atomic mass is 10.1. The molecule has 0 saturated carbocycles. The molecule has 0 amide bonds. The standard InChI is InChI=1S/C15H21N3S/c1-4-19-10-9-11(2)16-15-14-8-6-5-7-13(14)12(3)17-18-15/h5-8,11H,4,9-10H2,1-3H3,(H,16,18). The molecule has 2 aromatic rings. The summed E-state index contributed by atoms with van der Waals surface area (Å²) in [7, 11) is 0. The van der Waals surface area contributed by atoms with Crippen LogP contribution >= 0.6 is 11.8 Å². The van der Waals surface area contributed by atoms with Crippen molar-refractivity contribution in [3.8, 4) is 0 Å². The SMILES string of the molecule is CCSCCC(C)Nc1nnc(C)c2ccccc12. The van der Waals surface area contributed by atoms with E-state index < -0.39 is 0 Å². The van der Waals surface area contributed by atoms with Gasteiger partial charge < -0.3 is 5.32 Å². The lowest BCUT2D eigenvalue weighted by Crippen LogP contribution is -2.17. The minimum Gasteiger partial charge on any atom is -0.366 e. The Morgan fingerprint density at radius 3 is 2.68 bits per heavy atom. The molecule has 0 aliphatic carbocycles. The van der Waals surface area contributed by atoms with E-state index in [1.54, 1.807) is 0 Å². The van der Waals surface area contributed by atoms with Crippen LogP contribution in [0.1, 0.15) is 26.0 Å². The van der Waals surface area contributed by atoms with Crippen molar-refractivity contribution in [2.45, 2.75) is 33.2 Å². The van der Waals surface area contributed by atoms with Crippen LogP contribution in [-0.2, 0) is 0 Å². The topological polar surface area (TPSA) is 37.8 Å². The zero-order valence-corrected chi connectivity index (χ0v) is 12.6. The Balaban J connectivity index is 2.14. The van der Waals surface area contributed by atoms with Gasteiger partial charge in [-0.15, -0.1) is 5.10 Å². The molecule has 0 aliphatic heterocycles. The molecule has 1 aromatic carbocycles. The van der Waals surface area contributed by atoms with Crippen molar-refractivity contribution < 1.29 is 0 Å². The Morgan fingerprint density at radius 1 is 1.21 bits per heavy atom. The van der Waals surface area contributed by atoms with Crippen molar-refractivity contribution >= 4 is 28.4 Å². The third-order valence-electron chi connectivity index (χ3n) is 3.15. The third kappa shape index (κ3) is 3.60. The summed E-state index contributed by atoms with van der Waals surface area (Å²) < 4.78 is 0. The van der Waals surface area contributed by atoms with Crippen molar-refractivity contribution in [1.82, 2.24) is 10.2 Å². The van der Waals surface area contributed by atoms with E-state index in [4.69, 9.17) is 0 Å². The van der Waals surface area contributed by atoms with Gasteiger partial charge in [-0.1, -0.05) is 31.2 Å². The molecule has 1 atom stereocenters. The molecule has 0 spiro atoms. The van der Waals surface area contributed by atoms with Crippen molar-refractivity contribution in [2.75, 3.05) is 16.8 Å². The van der Waals surface area contributed by atoms with Crippen LogP contribution in [0.3, 0.4) is 0 Å². The largest absolute Gasteiger partial charge is 0.366 e. The van der Waals surface area contributed by atoms with Crippen molar-refractivity contribution in [3.63, 3.8) is 0 Å². The first-order valence-electron chi connectivity index (χ1n) is 6.78. The number of aromatic nitrogens is 2. The van der Waals surface area contributed by atoms with Gasteiger partial charge in [-0.2, -0.15) is 16.9 Å². The fourth-order valence-electron chi connectivity index (χ4n) is 2.05. The predicted octanol–water partition coefficient (Wildman–Crippen LogP) is 3.88. The predicted molar refractivity (Wildman–Crippen MR) is 85.0 cm³/mol. The summed E-state index contributed by atoms with van der Waals surface area (Å²) >= 11 is 1.98. The highest BCUT2D eigenvalue weighted by Crippen LogP contribution is 2.23. The Bertz CT molecular complexity index is 542. The van der Waals surface area contributed by atoms with Crippen molar-refractivity contribution in [1.29, 1.82) is 0 Å². The molecule has 4 heteroatoms. The molecule has 0 saturated heterocycles. The van der Waals surface area contributed by atoms with E-state index in [1.807, 2.05) is 30.8 Å². The lowest BCUT2D eigenvalue weighted by Gasteiger charge is -2.15. The maximum atomic E-state index is 4.31. The van der Waals surface area contributed by atoms with Crippen molar-refractivity contribution in [3.05, 3.63) is 30.0 Å². The van der Waals surface area contributed by atoms with Crippen LogP contribution < -0.4 is 5.32 Å². The molecule has 0 radical (unpaired) electrons. The van der Waals surface area contributed by atoms with Crippen LogP contribution in [0, 0.1) is 6.92 Å². The van der Waals surface area contributed by atoms with Crippen LogP contribution in [0.5, 0.6) is 0 Å². The van der Waals surface area contributed by atoms with Gasteiger partial charge in [0.2, 0.25) is 0 Å². The van der Waals surface area contributed by atoms with Gasteiger partial charge in [-0.25, -0.2) is 0 Å². The Morgan fingerprint density at radius 2 is 1.95 bits per heavy atom. The molecule has 3 nitrogen and oxygen atoms in total. The molecule has 1 N–H and O–H groups in total. The summed E-state index contributed by atoms with van der Waals surface area (Å²) in [6, 6.07) is 8.71. The summed E-state index contributed by atoms with van der Waals surface area (Å²) in [5, 5.41) is 14.4. The average Bonchev–Trinajstić information content (AvgIpc) is 2.43. The molecule has 0 aliphatic rings. The van der Waals surface area contributed by atoms with Gasteiger partial charge in [0.1, 0.15) is 0 Å². The third-order valence-corrected chi connectivity index (χ3v) is 4.09. The normalized spacial score (nSPS) is 12.6. The van der Waals surface area contributed by atoms with Gasteiger partial charge >= 0.3 is 0 Å². The highest BCUT2D eigenvalue weighted by molar-refractivity contribution is 7.99. The van der Waals surface area contributed by atoms with Crippen LogP contribution in [0.4, 0.5) is 5.82 Å². The summed E-state index contributed by atoms with van der Waals surface area (Å²) in [6.45, 7) is 6.40. The average molecular weight is 275 g/mol. The number of fused-ring (bicyclic) bond motifs is 1. The molecular formula is C15H21N3S. The number of hydrogen-bond acceptors (Lipinski definition) is 4. The Hall–Kier alpha value is -1.29. The first-order valence-corrected chi connectivity index (χ1v) is 7.94. The number of benzene rings is 1. The zero-order valence-electron chi connectivity index (χ0n) is 11.8. The van der Waals surface area contributed by atoms with Crippen LogP contribution in [0.2, 0.25) is 0 Å². The van der Waals surface area contributed by atoms with Gasteiger partial charge in [0.25, 0.3) is 0 Å². The molecule has 1 aromatic heterocycles. The minimum absolute atomic E-state index is 0.416. The van der Waals surface area contributed by atoms with E-state index in [-0.39, 0.29) is 0 Å². The number of hydrogen-bond donors (Lipinski definition) is 1. The second-order valence-electron chi connectivity index (χ2n) is 4.71. The zero-order chi connectivity index (χ0) is 13.7. The van der Waals surface area contributed by atoms with Gasteiger partial charge in [-0.3, -0.25) is 0 Å². The maximum Gasteiger partial charge on any atom is 0.156 e. The monoisotopic (exact) mass is 275 g/mol. The lowest BCUT2D eigenvalue weighted by molar-refractivity contribution is 0.763. The highest BCUT2D eigenvalue weighted by atomic mass is 32.2. The quantitative estimate of drug-likeness (QED) is 0.812. The number of nitrogens with zero attached hydrogens (tertiary/aromatic N) is 2. The second kappa shape index (κ2) is 6.75. The fourth-order valence-corrected chi connectivity index (χ4v) is 2.86. The van der Waals surface area contributed by atoms with Gasteiger partial charge in [0, 0.05) is 16.8 Å². The number of anilines is 1. The minimum atomic E-state index is 0.416. The molecule has 1 unspecified atom stereocenters.